The maximum Gasteiger partial charge on any atom is 0.326 e. The van der Waals surface area contributed by atoms with Crippen LogP contribution in [0, 0.1) is 0 Å². The van der Waals surface area contributed by atoms with Gasteiger partial charge in [-0.15, -0.1) is 0 Å². The quantitative estimate of drug-likeness (QED) is 0.660. The number of rotatable bonds is 5. The minimum Gasteiger partial charge on any atom is -0.481 e. The number of carboxylic acid groups (broad SMARTS) is 2. The average molecular weight is 309 g/mol. The van der Waals surface area contributed by atoms with Gasteiger partial charge < -0.3 is 15.5 Å². The fourth-order valence-electron chi connectivity index (χ4n) is 1.59. The SMILES string of the molecule is O=C(O)C[C@@H](NC(=O)Nc1nc2ccccc2s1)C(=O)O. The van der Waals surface area contributed by atoms with Crippen LogP contribution in [0.5, 0.6) is 0 Å². The van der Waals surface area contributed by atoms with Crippen molar-refractivity contribution in [2.24, 2.45) is 0 Å². The van der Waals surface area contributed by atoms with Crippen molar-refractivity contribution < 1.29 is 24.6 Å². The van der Waals surface area contributed by atoms with Gasteiger partial charge in [-0.3, -0.25) is 10.1 Å². The number of carbonyl (C=O) groups excluding carboxylic acids is 1. The maximum absolute atomic E-state index is 11.7. The third-order valence-electron chi connectivity index (χ3n) is 2.50. The summed E-state index contributed by atoms with van der Waals surface area (Å²) in [6.45, 7) is 0. The van der Waals surface area contributed by atoms with E-state index < -0.39 is 30.4 Å². The molecule has 1 atom stereocenters. The first kappa shape index (κ1) is 14.7. The van der Waals surface area contributed by atoms with Crippen molar-refractivity contribution in [3.8, 4) is 0 Å². The van der Waals surface area contributed by atoms with Crippen LogP contribution >= 0.6 is 11.3 Å². The highest BCUT2D eigenvalue weighted by Crippen LogP contribution is 2.25. The third-order valence-corrected chi connectivity index (χ3v) is 3.45. The molecule has 0 aliphatic rings. The molecule has 1 aromatic heterocycles. The summed E-state index contributed by atoms with van der Waals surface area (Å²) in [5.74, 6) is -2.74. The number of carboxylic acids is 2. The Morgan fingerprint density at radius 3 is 2.57 bits per heavy atom. The van der Waals surface area contributed by atoms with Crippen molar-refractivity contribution in [3.63, 3.8) is 0 Å². The topological polar surface area (TPSA) is 129 Å². The van der Waals surface area contributed by atoms with Crippen LogP contribution in [0.4, 0.5) is 9.93 Å². The van der Waals surface area contributed by atoms with Gasteiger partial charge in [0.1, 0.15) is 6.04 Å². The fourth-order valence-corrected chi connectivity index (χ4v) is 2.45. The lowest BCUT2D eigenvalue weighted by atomic mass is 10.2. The molecular weight excluding hydrogens is 298 g/mol. The molecule has 1 heterocycles. The number of hydrogen-bond acceptors (Lipinski definition) is 5. The van der Waals surface area contributed by atoms with E-state index in [0.717, 1.165) is 4.70 Å². The van der Waals surface area contributed by atoms with Gasteiger partial charge in [-0.25, -0.2) is 14.6 Å². The van der Waals surface area contributed by atoms with Crippen molar-refractivity contribution >= 4 is 44.7 Å². The number of hydrogen-bond donors (Lipinski definition) is 4. The van der Waals surface area contributed by atoms with E-state index in [1.807, 2.05) is 12.1 Å². The molecule has 2 aromatic rings. The molecule has 0 saturated carbocycles. The molecule has 0 bridgehead atoms. The molecule has 0 spiro atoms. The minimum absolute atomic E-state index is 0.299. The summed E-state index contributed by atoms with van der Waals surface area (Å²) in [5, 5.41) is 22.2. The molecule has 1 aromatic carbocycles. The van der Waals surface area contributed by atoms with Crippen LogP contribution in [0.15, 0.2) is 24.3 Å². The van der Waals surface area contributed by atoms with Crippen LogP contribution in [0.3, 0.4) is 0 Å². The molecule has 0 saturated heterocycles. The summed E-state index contributed by atoms with van der Waals surface area (Å²) in [6, 6.07) is 4.93. The van der Waals surface area contributed by atoms with Crippen LogP contribution in [-0.4, -0.2) is 39.2 Å². The molecule has 0 radical (unpaired) electrons. The van der Waals surface area contributed by atoms with Crippen molar-refractivity contribution in [2.45, 2.75) is 12.5 Å². The lowest BCUT2D eigenvalue weighted by molar-refractivity contribution is -0.145. The highest BCUT2D eigenvalue weighted by molar-refractivity contribution is 7.22. The Kier molecular flexibility index (Phi) is 4.33. The summed E-state index contributed by atoms with van der Waals surface area (Å²) in [5.41, 5.74) is 0.707. The summed E-state index contributed by atoms with van der Waals surface area (Å²) < 4.78 is 0.869. The summed E-state index contributed by atoms with van der Waals surface area (Å²) in [4.78, 5) is 37.2. The zero-order valence-corrected chi connectivity index (χ0v) is 11.4. The van der Waals surface area contributed by atoms with E-state index in [1.54, 1.807) is 12.1 Å². The first-order valence-corrected chi connectivity index (χ1v) is 6.65. The molecule has 8 nitrogen and oxygen atoms in total. The standard InChI is InChI=1S/C12H11N3O5S/c16-9(17)5-7(10(18)19)13-11(20)15-12-14-6-3-1-2-4-8(6)21-12/h1-4,7H,5H2,(H,16,17)(H,18,19)(H2,13,14,15,20)/t7-/m1/s1. The molecule has 0 fully saturated rings. The zero-order chi connectivity index (χ0) is 15.4. The first-order chi connectivity index (χ1) is 9.95. The van der Waals surface area contributed by atoms with Crippen molar-refractivity contribution in [3.05, 3.63) is 24.3 Å². The Hall–Kier alpha value is -2.68. The lowest BCUT2D eigenvalue weighted by Gasteiger charge is -2.11. The Morgan fingerprint density at radius 1 is 1.24 bits per heavy atom. The minimum atomic E-state index is -1.50. The fraction of sp³-hybridized carbons (Fsp3) is 0.167. The molecule has 2 rings (SSSR count). The lowest BCUT2D eigenvalue weighted by Crippen LogP contribution is -2.44. The predicted octanol–water partition coefficient (Wildman–Crippen LogP) is 1.35. The molecule has 0 unspecified atom stereocenters. The largest absolute Gasteiger partial charge is 0.481 e. The van der Waals surface area contributed by atoms with E-state index in [9.17, 15) is 14.4 Å². The highest BCUT2D eigenvalue weighted by atomic mass is 32.1. The van der Waals surface area contributed by atoms with Crippen LogP contribution < -0.4 is 10.6 Å². The number of fused-ring (bicyclic) bond motifs is 1. The molecule has 2 amide bonds. The van der Waals surface area contributed by atoms with Crippen molar-refractivity contribution in [2.75, 3.05) is 5.32 Å². The number of aromatic nitrogens is 1. The average Bonchev–Trinajstić information content (AvgIpc) is 2.79. The van der Waals surface area contributed by atoms with Gasteiger partial charge in [-0.05, 0) is 12.1 Å². The molecular formula is C12H11N3O5S. The number of carbonyl (C=O) groups is 3. The number of nitrogens with one attached hydrogen (secondary N) is 2. The second kappa shape index (κ2) is 6.18. The van der Waals surface area contributed by atoms with Gasteiger partial charge in [0.05, 0.1) is 16.6 Å². The summed E-state index contributed by atoms with van der Waals surface area (Å²) >= 11 is 1.23. The van der Waals surface area contributed by atoms with E-state index in [1.165, 1.54) is 11.3 Å². The van der Waals surface area contributed by atoms with Crippen LogP contribution in [-0.2, 0) is 9.59 Å². The molecule has 9 heteroatoms. The van der Waals surface area contributed by atoms with E-state index >= 15 is 0 Å². The smallest absolute Gasteiger partial charge is 0.326 e. The molecule has 21 heavy (non-hydrogen) atoms. The van der Waals surface area contributed by atoms with Gasteiger partial charge in [0, 0.05) is 0 Å². The van der Waals surface area contributed by atoms with Gasteiger partial charge in [0.25, 0.3) is 0 Å². The number of nitrogens with zero attached hydrogens (tertiary/aromatic N) is 1. The Bertz CT molecular complexity index is 666. The van der Waals surface area contributed by atoms with E-state index in [2.05, 4.69) is 15.6 Å². The first-order valence-electron chi connectivity index (χ1n) is 5.83. The summed E-state index contributed by atoms with van der Waals surface area (Å²) in [6.07, 6.45) is -0.706. The second-order valence-electron chi connectivity index (χ2n) is 4.07. The molecule has 0 aliphatic carbocycles. The van der Waals surface area contributed by atoms with Crippen LogP contribution in [0.1, 0.15) is 6.42 Å². The van der Waals surface area contributed by atoms with Crippen molar-refractivity contribution in [1.82, 2.24) is 10.3 Å². The van der Waals surface area contributed by atoms with E-state index in [0.29, 0.717) is 10.6 Å². The number of para-hydroxylation sites is 1. The number of urea groups is 1. The maximum atomic E-state index is 11.7. The number of aliphatic carboxylic acids is 2. The summed E-state index contributed by atoms with van der Waals surface area (Å²) in [7, 11) is 0. The van der Waals surface area contributed by atoms with E-state index in [-0.39, 0.29) is 0 Å². The third kappa shape index (κ3) is 3.89. The normalized spacial score (nSPS) is 11.8. The second-order valence-corrected chi connectivity index (χ2v) is 5.10. The van der Waals surface area contributed by atoms with Gasteiger partial charge in [0.15, 0.2) is 5.13 Å². The zero-order valence-electron chi connectivity index (χ0n) is 10.6. The Balaban J connectivity index is 2.03. The Morgan fingerprint density at radius 2 is 1.95 bits per heavy atom. The monoisotopic (exact) mass is 309 g/mol. The number of benzene rings is 1. The molecule has 0 aliphatic heterocycles. The molecule has 4 N–H and O–H groups in total. The van der Waals surface area contributed by atoms with Crippen LogP contribution in [0.25, 0.3) is 10.2 Å². The van der Waals surface area contributed by atoms with Gasteiger partial charge in [0.2, 0.25) is 0 Å². The number of thiazole rings is 1. The van der Waals surface area contributed by atoms with Gasteiger partial charge >= 0.3 is 18.0 Å². The van der Waals surface area contributed by atoms with E-state index in [4.69, 9.17) is 10.2 Å². The molecule has 110 valence electrons. The van der Waals surface area contributed by atoms with Crippen molar-refractivity contribution in [1.29, 1.82) is 0 Å². The highest BCUT2D eigenvalue weighted by Gasteiger charge is 2.23. The van der Waals surface area contributed by atoms with Gasteiger partial charge in [-0.1, -0.05) is 23.5 Å². The van der Waals surface area contributed by atoms with Crippen LogP contribution in [0.2, 0.25) is 0 Å². The number of anilines is 1. The van der Waals surface area contributed by atoms with Gasteiger partial charge in [-0.2, -0.15) is 0 Å². The Labute approximate surface area is 122 Å². The number of amides is 2. The predicted molar refractivity (Wildman–Crippen MR) is 75.5 cm³/mol.